The number of ether oxygens (including phenoxy) is 3. The molecule has 1 aromatic carbocycles. The van der Waals surface area contributed by atoms with E-state index >= 15 is 0 Å². The summed E-state index contributed by atoms with van der Waals surface area (Å²) in [7, 11) is 0. The molecule has 1 saturated heterocycles. The number of hydrogen-bond acceptors (Lipinski definition) is 8. The SMILES string of the molecule is CCOc1ncccc1-c1ccc2c(n1)C(=O)N(C(=O)OCc1ccccc1)CC21CCN(C(=O)OC(C)(C)C)CC1. The van der Waals surface area contributed by atoms with Gasteiger partial charge in [0.25, 0.3) is 5.91 Å². The Bertz CT molecular complexity index is 1460. The minimum atomic E-state index is -0.730. The normalized spacial score (nSPS) is 16.1. The van der Waals surface area contributed by atoms with Crippen LogP contribution in [0.15, 0.2) is 60.8 Å². The summed E-state index contributed by atoms with van der Waals surface area (Å²) in [5.41, 5.74) is 1.71. The van der Waals surface area contributed by atoms with Gasteiger partial charge in [-0.15, -0.1) is 0 Å². The Hall–Kier alpha value is -4.47. The van der Waals surface area contributed by atoms with Crippen molar-refractivity contribution in [2.45, 2.75) is 58.2 Å². The fourth-order valence-electron chi connectivity index (χ4n) is 5.44. The molecule has 2 aliphatic rings. The van der Waals surface area contributed by atoms with Gasteiger partial charge >= 0.3 is 12.2 Å². The summed E-state index contributed by atoms with van der Waals surface area (Å²) in [5.74, 6) is -0.109. The lowest BCUT2D eigenvalue weighted by molar-refractivity contribution is 0.0116. The highest BCUT2D eigenvalue weighted by molar-refractivity contribution is 6.04. The molecule has 0 saturated carbocycles. The predicted octanol–water partition coefficient (Wildman–Crippen LogP) is 5.60. The van der Waals surface area contributed by atoms with Gasteiger partial charge in [-0.3, -0.25) is 4.79 Å². The number of fused-ring (bicyclic) bond motifs is 2. The molecule has 10 heteroatoms. The van der Waals surface area contributed by atoms with Crippen LogP contribution < -0.4 is 4.74 Å². The highest BCUT2D eigenvalue weighted by Gasteiger charge is 2.49. The van der Waals surface area contributed by atoms with Crippen LogP contribution >= 0.6 is 0 Å². The van der Waals surface area contributed by atoms with E-state index in [1.165, 1.54) is 0 Å². The maximum atomic E-state index is 13.9. The van der Waals surface area contributed by atoms with Crippen molar-refractivity contribution in [1.29, 1.82) is 0 Å². The molecule has 0 atom stereocenters. The second-order valence-electron chi connectivity index (χ2n) is 11.6. The Balaban J connectivity index is 1.48. The number of likely N-dealkylation sites (tertiary alicyclic amines) is 1. The number of benzene rings is 1. The van der Waals surface area contributed by atoms with Crippen molar-refractivity contribution in [3.8, 4) is 17.1 Å². The van der Waals surface area contributed by atoms with E-state index in [1.54, 1.807) is 17.2 Å². The molecule has 5 rings (SSSR count). The number of aromatic nitrogens is 2. The first-order chi connectivity index (χ1) is 20.1. The number of hydrogen-bond donors (Lipinski definition) is 0. The van der Waals surface area contributed by atoms with Gasteiger partial charge in [-0.25, -0.2) is 24.5 Å². The maximum Gasteiger partial charge on any atom is 0.417 e. The summed E-state index contributed by atoms with van der Waals surface area (Å²) >= 11 is 0. The summed E-state index contributed by atoms with van der Waals surface area (Å²) in [6.07, 6.45) is 1.57. The monoisotopic (exact) mass is 572 g/mol. The topological polar surface area (TPSA) is 111 Å². The largest absolute Gasteiger partial charge is 0.477 e. The lowest BCUT2D eigenvalue weighted by atomic mass is 9.69. The maximum absolute atomic E-state index is 13.9. The molecule has 0 aliphatic carbocycles. The molecule has 3 amide bonds. The third-order valence-electron chi connectivity index (χ3n) is 7.50. The number of carbonyl (C=O) groups excluding carboxylic acids is 3. The van der Waals surface area contributed by atoms with Gasteiger partial charge < -0.3 is 19.1 Å². The zero-order valence-electron chi connectivity index (χ0n) is 24.5. The van der Waals surface area contributed by atoms with Crippen molar-refractivity contribution >= 4 is 18.1 Å². The van der Waals surface area contributed by atoms with Crippen LogP contribution in [0.3, 0.4) is 0 Å². The summed E-state index contributed by atoms with van der Waals surface area (Å²) < 4.78 is 16.9. The molecule has 10 nitrogen and oxygen atoms in total. The summed E-state index contributed by atoms with van der Waals surface area (Å²) in [5, 5.41) is 0. The van der Waals surface area contributed by atoms with Gasteiger partial charge in [-0.05, 0) is 69.9 Å². The molecule has 1 spiro atoms. The van der Waals surface area contributed by atoms with E-state index in [9.17, 15) is 14.4 Å². The standard InChI is InChI=1S/C32H36N4O6/c1-5-40-27-23(12-9-17-33-27)25-14-13-24-26(34-25)28(37)36(30(39)41-20-22-10-7-6-8-11-22)21-32(24)15-18-35(19-16-32)29(38)42-31(2,3)4/h6-14,17H,5,15-16,18-21H2,1-4H3. The lowest BCUT2D eigenvalue weighted by Gasteiger charge is -2.46. The van der Waals surface area contributed by atoms with Crippen LogP contribution in [-0.4, -0.2) is 69.7 Å². The molecule has 0 bridgehead atoms. The Morgan fingerprint density at radius 2 is 1.71 bits per heavy atom. The van der Waals surface area contributed by atoms with E-state index in [1.807, 2.05) is 76.2 Å². The average Bonchev–Trinajstić information content (AvgIpc) is 2.98. The average molecular weight is 573 g/mol. The van der Waals surface area contributed by atoms with E-state index < -0.39 is 23.0 Å². The highest BCUT2D eigenvalue weighted by atomic mass is 16.6. The van der Waals surface area contributed by atoms with Crippen LogP contribution in [0.2, 0.25) is 0 Å². The predicted molar refractivity (Wildman–Crippen MR) is 155 cm³/mol. The fraction of sp³-hybridized carbons (Fsp3) is 0.406. The van der Waals surface area contributed by atoms with Crippen LogP contribution in [0, 0.1) is 0 Å². The number of pyridine rings is 2. The molecule has 2 aliphatic heterocycles. The van der Waals surface area contributed by atoms with Crippen molar-refractivity contribution in [2.75, 3.05) is 26.2 Å². The quantitative estimate of drug-likeness (QED) is 0.388. The van der Waals surface area contributed by atoms with E-state index in [0.717, 1.165) is 16.0 Å². The first-order valence-corrected chi connectivity index (χ1v) is 14.2. The number of piperidine rings is 1. The second-order valence-corrected chi connectivity index (χ2v) is 11.6. The molecule has 0 N–H and O–H groups in total. The first-order valence-electron chi connectivity index (χ1n) is 14.2. The molecule has 0 unspecified atom stereocenters. The number of imide groups is 1. The second kappa shape index (κ2) is 11.8. The van der Waals surface area contributed by atoms with Crippen LogP contribution in [0.5, 0.6) is 5.88 Å². The van der Waals surface area contributed by atoms with Gasteiger partial charge in [0.05, 0.1) is 17.9 Å². The van der Waals surface area contributed by atoms with Crippen molar-refractivity contribution in [2.24, 2.45) is 0 Å². The number of carbonyl (C=O) groups is 3. The van der Waals surface area contributed by atoms with Gasteiger partial charge in [0.2, 0.25) is 5.88 Å². The van der Waals surface area contributed by atoms with Gasteiger partial charge in [0, 0.05) is 31.2 Å². The molecule has 220 valence electrons. The van der Waals surface area contributed by atoms with Crippen LogP contribution in [0.25, 0.3) is 11.3 Å². The summed E-state index contributed by atoms with van der Waals surface area (Å²) in [6, 6.07) is 16.7. The van der Waals surface area contributed by atoms with Gasteiger partial charge in [-0.1, -0.05) is 36.4 Å². The summed E-state index contributed by atoms with van der Waals surface area (Å²) in [4.78, 5) is 52.0. The summed E-state index contributed by atoms with van der Waals surface area (Å²) in [6.45, 7) is 8.79. The Morgan fingerprint density at radius 3 is 2.40 bits per heavy atom. The first kappa shape index (κ1) is 29.0. The molecular formula is C32H36N4O6. The third kappa shape index (κ3) is 6.07. The molecule has 4 heterocycles. The Labute approximate surface area is 245 Å². The van der Waals surface area contributed by atoms with Gasteiger partial charge in [0.1, 0.15) is 17.9 Å². The molecule has 2 aromatic heterocycles. The molecule has 42 heavy (non-hydrogen) atoms. The van der Waals surface area contributed by atoms with Gasteiger partial charge in [-0.2, -0.15) is 0 Å². The van der Waals surface area contributed by atoms with Crippen molar-refractivity contribution in [3.05, 3.63) is 77.6 Å². The van der Waals surface area contributed by atoms with Crippen molar-refractivity contribution < 1.29 is 28.6 Å². The van der Waals surface area contributed by atoms with E-state index in [2.05, 4.69) is 4.98 Å². The Kier molecular flexibility index (Phi) is 8.15. The van der Waals surface area contributed by atoms with Crippen molar-refractivity contribution in [3.63, 3.8) is 0 Å². The number of amides is 3. The minimum absolute atomic E-state index is 0.0383. The van der Waals surface area contributed by atoms with Crippen molar-refractivity contribution in [1.82, 2.24) is 19.8 Å². The number of rotatable bonds is 5. The van der Waals surface area contributed by atoms with E-state index in [4.69, 9.17) is 19.2 Å². The zero-order valence-corrected chi connectivity index (χ0v) is 24.5. The third-order valence-corrected chi connectivity index (χ3v) is 7.50. The minimum Gasteiger partial charge on any atom is -0.477 e. The van der Waals surface area contributed by atoms with Gasteiger partial charge in [0.15, 0.2) is 0 Å². The zero-order chi connectivity index (χ0) is 29.9. The smallest absolute Gasteiger partial charge is 0.417 e. The molecule has 1 fully saturated rings. The Morgan fingerprint density at radius 1 is 0.976 bits per heavy atom. The van der Waals surface area contributed by atoms with Crippen LogP contribution in [-0.2, 0) is 21.5 Å². The fourth-order valence-corrected chi connectivity index (χ4v) is 5.44. The molecule has 0 radical (unpaired) electrons. The lowest BCUT2D eigenvalue weighted by Crippen LogP contribution is -2.57. The number of nitrogens with zero attached hydrogens (tertiary/aromatic N) is 4. The molecular weight excluding hydrogens is 536 g/mol. The van der Waals surface area contributed by atoms with E-state index in [0.29, 0.717) is 49.7 Å². The van der Waals surface area contributed by atoms with Crippen LogP contribution in [0.1, 0.15) is 62.2 Å². The van der Waals surface area contributed by atoms with Crippen LogP contribution in [0.4, 0.5) is 9.59 Å². The van der Waals surface area contributed by atoms with E-state index in [-0.39, 0.29) is 24.9 Å². The highest BCUT2D eigenvalue weighted by Crippen LogP contribution is 2.43. The molecule has 3 aromatic rings.